The summed E-state index contributed by atoms with van der Waals surface area (Å²) in [5, 5.41) is 23.7. The van der Waals surface area contributed by atoms with Crippen molar-refractivity contribution in [3.8, 4) is 11.1 Å². The Kier molecular flexibility index (Phi) is 6.84. The largest absolute Gasteiger partial charge is 0.480 e. The number of hydrogen-bond donors (Lipinski definition) is 4. The molecule has 8 nitrogen and oxygen atoms in total. The first-order valence-electron chi connectivity index (χ1n) is 11.2. The maximum atomic E-state index is 12.6. The number of aliphatic hydroxyl groups is 1. The molecule has 0 heterocycles. The van der Waals surface area contributed by atoms with E-state index >= 15 is 0 Å². The summed E-state index contributed by atoms with van der Waals surface area (Å²) < 4.78 is 5.57. The van der Waals surface area contributed by atoms with Crippen molar-refractivity contribution in [3.63, 3.8) is 0 Å². The molecule has 0 radical (unpaired) electrons. The van der Waals surface area contributed by atoms with Gasteiger partial charge in [0.1, 0.15) is 6.61 Å². The minimum Gasteiger partial charge on any atom is -0.480 e. The van der Waals surface area contributed by atoms with E-state index in [9.17, 15) is 24.6 Å². The molecule has 0 unspecified atom stereocenters. The number of rotatable bonds is 7. The molecule has 1 aliphatic rings. The SMILES string of the molecule is Cc1ccc(C(=O)N[C@H](C(=O)O)[C@@H](C)O)cc1NC(=O)OCC1c2ccccc2-c2ccccc21. The van der Waals surface area contributed by atoms with Gasteiger partial charge in [0.25, 0.3) is 5.91 Å². The molecule has 180 valence electrons. The van der Waals surface area contributed by atoms with Crippen molar-refractivity contribution in [1.82, 2.24) is 5.32 Å². The highest BCUT2D eigenvalue weighted by Crippen LogP contribution is 2.44. The van der Waals surface area contributed by atoms with Crippen molar-refractivity contribution in [1.29, 1.82) is 0 Å². The lowest BCUT2D eigenvalue weighted by Crippen LogP contribution is -2.47. The fourth-order valence-corrected chi connectivity index (χ4v) is 4.26. The van der Waals surface area contributed by atoms with Crippen molar-refractivity contribution >= 4 is 23.7 Å². The molecule has 3 aromatic carbocycles. The van der Waals surface area contributed by atoms with Gasteiger partial charge in [-0.15, -0.1) is 0 Å². The second kappa shape index (κ2) is 9.99. The number of benzene rings is 3. The average Bonchev–Trinajstić information content (AvgIpc) is 3.15. The molecule has 0 saturated heterocycles. The van der Waals surface area contributed by atoms with Crippen molar-refractivity contribution in [2.75, 3.05) is 11.9 Å². The number of carbonyl (C=O) groups excluding carboxylic acids is 2. The third kappa shape index (κ3) is 5.02. The van der Waals surface area contributed by atoms with Gasteiger partial charge in [-0.2, -0.15) is 0 Å². The summed E-state index contributed by atoms with van der Waals surface area (Å²) in [4.78, 5) is 36.4. The van der Waals surface area contributed by atoms with E-state index in [-0.39, 0.29) is 18.1 Å². The number of ether oxygens (including phenoxy) is 1. The van der Waals surface area contributed by atoms with E-state index in [1.54, 1.807) is 13.0 Å². The zero-order valence-electron chi connectivity index (χ0n) is 19.3. The Morgan fingerprint density at radius 2 is 1.57 bits per heavy atom. The van der Waals surface area contributed by atoms with E-state index in [0.717, 1.165) is 22.3 Å². The molecule has 2 amide bonds. The van der Waals surface area contributed by atoms with Gasteiger partial charge in [-0.3, -0.25) is 10.1 Å². The summed E-state index contributed by atoms with van der Waals surface area (Å²) >= 11 is 0. The van der Waals surface area contributed by atoms with Gasteiger partial charge in [0.2, 0.25) is 0 Å². The molecule has 0 fully saturated rings. The molecule has 4 rings (SSSR count). The Morgan fingerprint density at radius 1 is 0.971 bits per heavy atom. The number of anilines is 1. The molecule has 35 heavy (non-hydrogen) atoms. The number of carboxylic acids is 1. The van der Waals surface area contributed by atoms with Crippen LogP contribution in [0.3, 0.4) is 0 Å². The number of amides is 2. The van der Waals surface area contributed by atoms with Crippen LogP contribution >= 0.6 is 0 Å². The molecule has 8 heteroatoms. The van der Waals surface area contributed by atoms with Crippen LogP contribution in [0, 0.1) is 6.92 Å². The van der Waals surface area contributed by atoms with Crippen LogP contribution in [0.4, 0.5) is 10.5 Å². The van der Waals surface area contributed by atoms with E-state index in [2.05, 4.69) is 22.8 Å². The quantitative estimate of drug-likeness (QED) is 0.411. The Bertz CT molecular complexity index is 1240. The molecule has 0 bridgehead atoms. The Balaban J connectivity index is 1.45. The number of nitrogens with one attached hydrogen (secondary N) is 2. The second-order valence-electron chi connectivity index (χ2n) is 8.51. The number of hydrogen-bond acceptors (Lipinski definition) is 5. The van der Waals surface area contributed by atoms with Crippen molar-refractivity contribution in [2.45, 2.75) is 31.9 Å². The lowest BCUT2D eigenvalue weighted by Gasteiger charge is -2.18. The number of aryl methyl sites for hydroxylation is 1. The van der Waals surface area contributed by atoms with Gasteiger partial charge in [0.05, 0.1) is 6.10 Å². The monoisotopic (exact) mass is 474 g/mol. The van der Waals surface area contributed by atoms with Crippen LogP contribution in [-0.4, -0.2) is 46.9 Å². The molecular weight excluding hydrogens is 448 g/mol. The maximum absolute atomic E-state index is 12.6. The lowest BCUT2D eigenvalue weighted by atomic mass is 9.98. The molecule has 2 atom stereocenters. The maximum Gasteiger partial charge on any atom is 0.411 e. The minimum absolute atomic E-state index is 0.0835. The van der Waals surface area contributed by atoms with Gasteiger partial charge in [0, 0.05) is 17.2 Å². The van der Waals surface area contributed by atoms with Crippen molar-refractivity contribution in [2.24, 2.45) is 0 Å². The van der Waals surface area contributed by atoms with Crippen LogP contribution < -0.4 is 10.6 Å². The number of carboxylic acid groups (broad SMARTS) is 1. The predicted molar refractivity (Wildman–Crippen MR) is 130 cm³/mol. The summed E-state index contributed by atoms with van der Waals surface area (Å²) in [6.45, 7) is 3.18. The molecule has 1 aliphatic carbocycles. The number of aliphatic hydroxyl groups excluding tert-OH is 1. The van der Waals surface area contributed by atoms with Gasteiger partial charge in [-0.05, 0) is 53.8 Å². The zero-order valence-corrected chi connectivity index (χ0v) is 19.3. The number of aliphatic carboxylic acids is 1. The molecule has 0 spiro atoms. The predicted octanol–water partition coefficient (Wildman–Crippen LogP) is 3.92. The first-order valence-corrected chi connectivity index (χ1v) is 11.2. The van der Waals surface area contributed by atoms with Crippen molar-refractivity contribution in [3.05, 3.63) is 89.0 Å². The van der Waals surface area contributed by atoms with Gasteiger partial charge < -0.3 is 20.3 Å². The zero-order chi connectivity index (χ0) is 25.1. The van der Waals surface area contributed by atoms with E-state index < -0.39 is 30.1 Å². The first-order chi connectivity index (χ1) is 16.8. The highest BCUT2D eigenvalue weighted by Gasteiger charge is 2.29. The molecule has 0 aromatic heterocycles. The smallest absolute Gasteiger partial charge is 0.411 e. The van der Waals surface area contributed by atoms with E-state index in [0.29, 0.717) is 11.3 Å². The van der Waals surface area contributed by atoms with Crippen LogP contribution in [0.5, 0.6) is 0 Å². The molecular formula is C27H26N2O6. The summed E-state index contributed by atoms with van der Waals surface area (Å²) in [6.07, 6.45) is -1.94. The van der Waals surface area contributed by atoms with E-state index in [1.165, 1.54) is 19.1 Å². The van der Waals surface area contributed by atoms with Crippen LogP contribution in [0.25, 0.3) is 11.1 Å². The van der Waals surface area contributed by atoms with Crippen LogP contribution in [0.15, 0.2) is 66.7 Å². The van der Waals surface area contributed by atoms with Crippen LogP contribution in [0.1, 0.15) is 39.9 Å². The summed E-state index contributed by atoms with van der Waals surface area (Å²) in [5.74, 6) is -2.12. The molecule has 3 aromatic rings. The standard InChI is InChI=1S/C27H26N2O6/c1-15-11-12-17(25(31)29-24(16(2)30)26(32)33)13-23(15)28-27(34)35-14-22-20-9-5-3-7-18(20)19-8-4-6-10-21(19)22/h3-13,16,22,24,30H,14H2,1-2H3,(H,28,34)(H,29,31)(H,32,33)/t16-,24+/m1/s1. The summed E-state index contributed by atoms with van der Waals surface area (Å²) in [7, 11) is 0. The normalized spacial score (nSPS) is 13.8. The molecule has 0 aliphatic heterocycles. The lowest BCUT2D eigenvalue weighted by molar-refractivity contribution is -0.141. The highest BCUT2D eigenvalue weighted by molar-refractivity contribution is 5.98. The second-order valence-corrected chi connectivity index (χ2v) is 8.51. The topological polar surface area (TPSA) is 125 Å². The third-order valence-electron chi connectivity index (χ3n) is 6.12. The number of carbonyl (C=O) groups is 3. The van der Waals surface area contributed by atoms with Crippen LogP contribution in [-0.2, 0) is 9.53 Å². The minimum atomic E-state index is -1.46. The highest BCUT2D eigenvalue weighted by atomic mass is 16.5. The summed E-state index contributed by atoms with van der Waals surface area (Å²) in [6, 6.07) is 19.2. The third-order valence-corrected chi connectivity index (χ3v) is 6.12. The molecule has 4 N–H and O–H groups in total. The van der Waals surface area contributed by atoms with Gasteiger partial charge >= 0.3 is 12.1 Å². The fourth-order valence-electron chi connectivity index (χ4n) is 4.26. The number of fused-ring (bicyclic) bond motifs is 3. The van der Waals surface area contributed by atoms with E-state index in [4.69, 9.17) is 4.74 Å². The van der Waals surface area contributed by atoms with Gasteiger partial charge in [0.15, 0.2) is 6.04 Å². The van der Waals surface area contributed by atoms with Crippen LogP contribution in [0.2, 0.25) is 0 Å². The first kappa shape index (κ1) is 24.0. The van der Waals surface area contributed by atoms with E-state index in [1.807, 2.05) is 36.4 Å². The average molecular weight is 475 g/mol. The van der Waals surface area contributed by atoms with Gasteiger partial charge in [-0.25, -0.2) is 9.59 Å². The Labute approximate surface area is 202 Å². The Hall–Kier alpha value is -4.17. The fraction of sp³-hybridized carbons (Fsp3) is 0.222. The molecule has 0 saturated carbocycles. The Morgan fingerprint density at radius 3 is 2.14 bits per heavy atom. The van der Waals surface area contributed by atoms with Gasteiger partial charge in [-0.1, -0.05) is 54.6 Å². The summed E-state index contributed by atoms with van der Waals surface area (Å²) in [5.41, 5.74) is 5.65. The van der Waals surface area contributed by atoms with Crippen molar-refractivity contribution < 1.29 is 29.3 Å².